The Morgan fingerprint density at radius 3 is 2.47 bits per heavy atom. The van der Waals surface area contributed by atoms with Crippen LogP contribution >= 0.6 is 0 Å². The molecule has 0 aliphatic carbocycles. The Morgan fingerprint density at radius 2 is 1.94 bits per heavy atom. The quantitative estimate of drug-likeness (QED) is 0.835. The first kappa shape index (κ1) is 13.8. The largest absolute Gasteiger partial charge is 0.573 e. The number of hydrogen-bond acceptors (Lipinski definition) is 3. The summed E-state index contributed by atoms with van der Waals surface area (Å²) >= 11 is 0. The highest BCUT2D eigenvalue weighted by Crippen LogP contribution is 2.27. The van der Waals surface area contributed by atoms with Gasteiger partial charge in [-0.15, -0.1) is 13.2 Å². The first-order chi connectivity index (χ1) is 7.96. The third-order valence-electron chi connectivity index (χ3n) is 2.30. The van der Waals surface area contributed by atoms with Crippen LogP contribution in [0.2, 0.25) is 0 Å². The Kier molecular flexibility index (Phi) is 4.77. The summed E-state index contributed by atoms with van der Waals surface area (Å²) in [6.07, 6.45) is -4.47. The molecule has 3 N–H and O–H groups in total. The van der Waals surface area contributed by atoms with Crippen LogP contribution in [0.1, 0.15) is 5.56 Å². The molecule has 0 aromatic heterocycles. The van der Waals surface area contributed by atoms with E-state index in [0.29, 0.717) is 5.56 Å². The summed E-state index contributed by atoms with van der Waals surface area (Å²) in [5, 5.41) is 8.97. The van der Waals surface area contributed by atoms with Crippen LogP contribution in [0.5, 0.6) is 5.75 Å². The van der Waals surface area contributed by atoms with Gasteiger partial charge < -0.3 is 15.6 Å². The molecule has 0 aliphatic heterocycles. The van der Waals surface area contributed by atoms with Crippen molar-refractivity contribution in [3.63, 3.8) is 0 Å². The van der Waals surface area contributed by atoms with Gasteiger partial charge in [0.1, 0.15) is 5.75 Å². The molecule has 0 unspecified atom stereocenters. The highest BCUT2D eigenvalue weighted by molar-refractivity contribution is 5.33. The number of aliphatic hydroxyl groups excluding tert-OH is 1. The molecular weight excluding hydrogens is 235 g/mol. The van der Waals surface area contributed by atoms with E-state index in [1.807, 2.05) is 0 Å². The van der Waals surface area contributed by atoms with E-state index in [9.17, 15) is 13.2 Å². The summed E-state index contributed by atoms with van der Waals surface area (Å²) < 4.78 is 40.3. The van der Waals surface area contributed by atoms with Gasteiger partial charge >= 0.3 is 6.36 Å². The average Bonchev–Trinajstić information content (AvgIpc) is 2.26. The maximum Gasteiger partial charge on any atom is 0.573 e. The summed E-state index contributed by atoms with van der Waals surface area (Å²) in [4.78, 5) is 0. The predicted octanol–water partition coefficient (Wildman–Crippen LogP) is 1.69. The van der Waals surface area contributed by atoms with Crippen LogP contribution in [0, 0.1) is 5.92 Å². The summed E-state index contributed by atoms with van der Waals surface area (Å²) in [5.74, 6) is -0.514. The molecule has 1 atom stereocenters. The number of benzene rings is 1. The normalized spacial score (nSPS) is 13.5. The first-order valence-electron chi connectivity index (χ1n) is 5.11. The van der Waals surface area contributed by atoms with Crippen LogP contribution in [0.3, 0.4) is 0 Å². The van der Waals surface area contributed by atoms with Crippen molar-refractivity contribution in [3.05, 3.63) is 29.8 Å². The van der Waals surface area contributed by atoms with Gasteiger partial charge in [-0.2, -0.15) is 0 Å². The van der Waals surface area contributed by atoms with Gasteiger partial charge in [-0.1, -0.05) is 18.2 Å². The standard InChI is InChI=1S/C11H14F3NO2/c12-11(13,14)17-10-4-2-1-3-9(10)5-8(6-15)7-16/h1-4,8,16H,5-7,15H2/t8-/m1/s1. The molecule has 0 aliphatic rings. The molecule has 0 fully saturated rings. The third-order valence-corrected chi connectivity index (χ3v) is 2.30. The lowest BCUT2D eigenvalue weighted by Crippen LogP contribution is -2.22. The fraction of sp³-hybridized carbons (Fsp3) is 0.455. The van der Waals surface area contributed by atoms with Gasteiger partial charge in [0.15, 0.2) is 0 Å². The highest BCUT2D eigenvalue weighted by atomic mass is 19.4. The molecular formula is C11H14F3NO2. The van der Waals surface area contributed by atoms with Crippen molar-refractivity contribution < 1.29 is 23.0 Å². The molecule has 96 valence electrons. The van der Waals surface area contributed by atoms with Crippen molar-refractivity contribution >= 4 is 0 Å². The number of nitrogens with two attached hydrogens (primary N) is 1. The third kappa shape index (κ3) is 4.62. The van der Waals surface area contributed by atoms with Crippen molar-refractivity contribution in [3.8, 4) is 5.75 Å². The molecule has 0 amide bonds. The Balaban J connectivity index is 2.84. The summed E-state index contributed by atoms with van der Waals surface area (Å²) in [6, 6.07) is 5.84. The van der Waals surface area contributed by atoms with Crippen LogP contribution < -0.4 is 10.5 Å². The van der Waals surface area contributed by atoms with Crippen LogP contribution in [0.4, 0.5) is 13.2 Å². The van der Waals surface area contributed by atoms with Gasteiger partial charge in [-0.3, -0.25) is 0 Å². The zero-order chi connectivity index (χ0) is 12.9. The molecule has 0 saturated carbocycles. The first-order valence-corrected chi connectivity index (χ1v) is 5.11. The number of para-hydroxylation sites is 1. The maximum atomic E-state index is 12.1. The van der Waals surface area contributed by atoms with Crippen molar-refractivity contribution in [1.82, 2.24) is 0 Å². The molecule has 0 radical (unpaired) electrons. The molecule has 6 heteroatoms. The topological polar surface area (TPSA) is 55.5 Å². The van der Waals surface area contributed by atoms with Crippen LogP contribution in [0.15, 0.2) is 24.3 Å². The van der Waals surface area contributed by atoms with Crippen LogP contribution in [-0.4, -0.2) is 24.6 Å². The Bertz CT molecular complexity index is 351. The SMILES string of the molecule is NC[C@H](CO)Cc1ccccc1OC(F)(F)F. The van der Waals surface area contributed by atoms with E-state index in [0.717, 1.165) is 0 Å². The molecule has 0 bridgehead atoms. The van der Waals surface area contributed by atoms with Crippen LogP contribution in [-0.2, 0) is 6.42 Å². The highest BCUT2D eigenvalue weighted by Gasteiger charge is 2.32. The zero-order valence-electron chi connectivity index (χ0n) is 9.07. The number of ether oxygens (including phenoxy) is 1. The number of rotatable bonds is 5. The van der Waals surface area contributed by atoms with Gasteiger partial charge in [0.25, 0.3) is 0 Å². The van der Waals surface area contributed by atoms with E-state index in [1.165, 1.54) is 18.2 Å². The second-order valence-electron chi connectivity index (χ2n) is 3.64. The van der Waals surface area contributed by atoms with Crippen molar-refractivity contribution in [2.45, 2.75) is 12.8 Å². The summed E-state index contributed by atoms with van der Waals surface area (Å²) in [7, 11) is 0. The van der Waals surface area contributed by atoms with Gasteiger partial charge in [0, 0.05) is 6.61 Å². The smallest absolute Gasteiger partial charge is 0.406 e. The number of hydrogen-bond donors (Lipinski definition) is 2. The van der Waals surface area contributed by atoms with Gasteiger partial charge in [-0.05, 0) is 30.5 Å². The minimum Gasteiger partial charge on any atom is -0.406 e. The number of aliphatic hydroxyl groups is 1. The van der Waals surface area contributed by atoms with Crippen molar-refractivity contribution in [2.24, 2.45) is 11.7 Å². The number of alkyl halides is 3. The molecule has 0 heterocycles. The lowest BCUT2D eigenvalue weighted by molar-refractivity contribution is -0.274. The Morgan fingerprint density at radius 1 is 1.29 bits per heavy atom. The Hall–Kier alpha value is -1.27. The zero-order valence-corrected chi connectivity index (χ0v) is 9.07. The van der Waals surface area contributed by atoms with Gasteiger partial charge in [0.05, 0.1) is 0 Å². The van der Waals surface area contributed by atoms with Crippen molar-refractivity contribution in [1.29, 1.82) is 0 Å². The van der Waals surface area contributed by atoms with Crippen molar-refractivity contribution in [2.75, 3.05) is 13.2 Å². The molecule has 0 saturated heterocycles. The number of halogens is 3. The van der Waals surface area contributed by atoms with E-state index in [4.69, 9.17) is 10.8 Å². The molecule has 1 aromatic carbocycles. The van der Waals surface area contributed by atoms with E-state index in [1.54, 1.807) is 6.07 Å². The van der Waals surface area contributed by atoms with E-state index in [2.05, 4.69) is 4.74 Å². The van der Waals surface area contributed by atoms with Gasteiger partial charge in [-0.25, -0.2) is 0 Å². The van der Waals surface area contributed by atoms with E-state index < -0.39 is 6.36 Å². The minimum atomic E-state index is -4.71. The molecule has 1 aromatic rings. The van der Waals surface area contributed by atoms with E-state index >= 15 is 0 Å². The maximum absolute atomic E-state index is 12.1. The molecule has 17 heavy (non-hydrogen) atoms. The van der Waals surface area contributed by atoms with Gasteiger partial charge in [0.2, 0.25) is 0 Å². The summed E-state index contributed by atoms with van der Waals surface area (Å²) in [5.41, 5.74) is 5.77. The lowest BCUT2D eigenvalue weighted by Gasteiger charge is -2.16. The fourth-order valence-electron chi connectivity index (χ4n) is 1.43. The molecule has 0 spiro atoms. The minimum absolute atomic E-state index is 0.170. The predicted molar refractivity (Wildman–Crippen MR) is 56.5 cm³/mol. The van der Waals surface area contributed by atoms with E-state index in [-0.39, 0.29) is 31.2 Å². The van der Waals surface area contributed by atoms with Crippen LogP contribution in [0.25, 0.3) is 0 Å². The lowest BCUT2D eigenvalue weighted by atomic mass is 9.99. The Labute approximate surface area is 97.0 Å². The second-order valence-corrected chi connectivity index (χ2v) is 3.64. The monoisotopic (exact) mass is 249 g/mol. The fourth-order valence-corrected chi connectivity index (χ4v) is 1.43. The molecule has 1 rings (SSSR count). The second kappa shape index (κ2) is 5.88. The average molecular weight is 249 g/mol. The molecule has 3 nitrogen and oxygen atoms in total. The summed E-state index contributed by atoms with van der Waals surface area (Å²) in [6.45, 7) is 0.0354.